The molecule has 0 aromatic carbocycles. The van der Waals surface area contributed by atoms with Crippen molar-refractivity contribution in [3.63, 3.8) is 0 Å². The van der Waals surface area contributed by atoms with E-state index in [9.17, 15) is 9.59 Å². The van der Waals surface area contributed by atoms with Gasteiger partial charge in [-0.3, -0.25) is 9.59 Å². The number of amides is 2. The van der Waals surface area contributed by atoms with Crippen LogP contribution in [-0.2, 0) is 9.59 Å². The van der Waals surface area contributed by atoms with Crippen molar-refractivity contribution >= 4 is 11.8 Å². The molecule has 3 rings (SSSR count). The number of aromatic nitrogens is 1. The monoisotopic (exact) mass is 379 g/mol. The average molecular weight is 380 g/mol. The van der Waals surface area contributed by atoms with E-state index in [1.807, 2.05) is 34.6 Å². The smallest absolute Gasteiger partial charge is 0.243 e. The van der Waals surface area contributed by atoms with Gasteiger partial charge in [0.2, 0.25) is 11.8 Å². The fraction of sp³-hybridized carbons (Fsp3) is 0.762. The molecule has 1 aliphatic heterocycles. The predicted molar refractivity (Wildman–Crippen MR) is 107 cm³/mol. The Hall–Kier alpha value is -1.85. The minimum absolute atomic E-state index is 0.0481. The first-order valence-corrected chi connectivity index (χ1v) is 10.4. The van der Waals surface area contributed by atoms with Crippen LogP contribution in [0.3, 0.4) is 0 Å². The summed E-state index contributed by atoms with van der Waals surface area (Å²) >= 11 is 0. The van der Waals surface area contributed by atoms with E-state index in [4.69, 9.17) is 0 Å². The van der Waals surface area contributed by atoms with Crippen molar-refractivity contribution in [1.82, 2.24) is 15.4 Å². The molecule has 2 aliphatic rings. The Morgan fingerprint density at radius 2 is 2.04 bits per heavy atom. The van der Waals surface area contributed by atoms with Crippen LogP contribution in [-0.4, -0.2) is 40.0 Å². The highest BCUT2D eigenvalue weighted by molar-refractivity contribution is 5.88. The van der Waals surface area contributed by atoms with Gasteiger partial charge in [0.25, 0.3) is 0 Å². The number of aryl methyl sites for hydroxylation is 1. The molecule has 1 aromatic heterocycles. The number of nitrogens with one attached hydrogen (secondary N) is 1. The molecule has 154 valence electrons. The number of likely N-dealkylation sites (tertiary alicyclic amines) is 1. The maximum atomic E-state index is 12.4. The zero-order valence-electron chi connectivity index (χ0n) is 17.9. The molecule has 1 aliphatic carbocycles. The highest BCUT2D eigenvalue weighted by Crippen LogP contribution is 2.38. The van der Waals surface area contributed by atoms with Crippen LogP contribution in [0.2, 0.25) is 0 Å². The molecule has 0 radical (unpaired) electrons. The summed E-state index contributed by atoms with van der Waals surface area (Å²) in [7, 11) is 0. The molecule has 1 atom stereocenters. The standard InChI is InChI=1S/C15H26N2O2.C4H5NO.C2H6/c1-4-15(7-8-15)16-14(19)12-6-5-9-17(12)13(18)10-11(2)3;1-4-2-3-6-5-4;1-2/h11-12H,4-10H2,1-3H3,(H,16,19);2-3H,1H3;1-2H3. The van der Waals surface area contributed by atoms with E-state index < -0.39 is 0 Å². The van der Waals surface area contributed by atoms with Crippen molar-refractivity contribution in [3.8, 4) is 0 Å². The largest absolute Gasteiger partial charge is 0.365 e. The molecule has 1 aromatic rings. The lowest BCUT2D eigenvalue weighted by Crippen LogP contribution is -2.49. The molecule has 6 heteroatoms. The van der Waals surface area contributed by atoms with Gasteiger partial charge in [-0.1, -0.05) is 39.8 Å². The summed E-state index contributed by atoms with van der Waals surface area (Å²) < 4.78 is 4.46. The fourth-order valence-electron chi connectivity index (χ4n) is 3.14. The van der Waals surface area contributed by atoms with Crippen LogP contribution in [0.5, 0.6) is 0 Å². The van der Waals surface area contributed by atoms with Gasteiger partial charge in [0.05, 0.1) is 5.69 Å². The van der Waals surface area contributed by atoms with E-state index in [1.54, 1.807) is 17.2 Å². The highest BCUT2D eigenvalue weighted by Gasteiger charge is 2.44. The van der Waals surface area contributed by atoms with Gasteiger partial charge >= 0.3 is 0 Å². The first kappa shape index (κ1) is 23.2. The molecular formula is C21H37N3O3. The van der Waals surface area contributed by atoms with Gasteiger partial charge in [-0.05, 0) is 44.9 Å². The summed E-state index contributed by atoms with van der Waals surface area (Å²) in [5.74, 6) is 0.546. The Kier molecular flexibility index (Phi) is 9.53. The third-order valence-electron chi connectivity index (χ3n) is 4.94. The van der Waals surface area contributed by atoms with E-state index in [1.165, 1.54) is 0 Å². The van der Waals surface area contributed by atoms with E-state index in [0.29, 0.717) is 12.3 Å². The molecule has 2 amide bonds. The summed E-state index contributed by atoms with van der Waals surface area (Å²) in [6, 6.07) is 1.58. The first-order valence-electron chi connectivity index (χ1n) is 10.4. The van der Waals surface area contributed by atoms with Crippen molar-refractivity contribution in [1.29, 1.82) is 0 Å². The molecular weight excluding hydrogens is 342 g/mol. The summed E-state index contributed by atoms with van der Waals surface area (Å²) in [5.41, 5.74) is 0.974. The topological polar surface area (TPSA) is 75.4 Å². The van der Waals surface area contributed by atoms with Crippen LogP contribution in [0, 0.1) is 12.8 Å². The van der Waals surface area contributed by atoms with E-state index in [0.717, 1.165) is 44.3 Å². The molecule has 6 nitrogen and oxygen atoms in total. The van der Waals surface area contributed by atoms with Crippen molar-refractivity contribution < 1.29 is 14.1 Å². The average Bonchev–Trinajstić information content (AvgIpc) is 3.03. The SMILES string of the molecule is CC.CCC1(NC(=O)C2CCCN2C(=O)CC(C)C)CC1.Cc1ccon1. The van der Waals surface area contributed by atoms with Gasteiger partial charge in [-0.15, -0.1) is 0 Å². The molecule has 1 unspecified atom stereocenters. The van der Waals surface area contributed by atoms with Crippen molar-refractivity contribution in [3.05, 3.63) is 18.0 Å². The molecule has 2 fully saturated rings. The fourth-order valence-corrected chi connectivity index (χ4v) is 3.14. The third kappa shape index (κ3) is 7.35. The molecule has 1 saturated carbocycles. The second-order valence-corrected chi connectivity index (χ2v) is 7.61. The predicted octanol–water partition coefficient (Wildman–Crippen LogP) is 4.09. The third-order valence-corrected chi connectivity index (χ3v) is 4.94. The Bertz CT molecular complexity index is 565. The van der Waals surface area contributed by atoms with E-state index in [2.05, 4.69) is 21.9 Å². The van der Waals surface area contributed by atoms with Crippen LogP contribution in [0.4, 0.5) is 0 Å². The summed E-state index contributed by atoms with van der Waals surface area (Å²) in [5, 5.41) is 6.71. The summed E-state index contributed by atoms with van der Waals surface area (Å²) in [4.78, 5) is 26.3. The molecule has 1 N–H and O–H groups in total. The van der Waals surface area contributed by atoms with Gasteiger partial charge in [0.15, 0.2) is 0 Å². The molecule has 27 heavy (non-hydrogen) atoms. The first-order chi connectivity index (χ1) is 12.9. The lowest BCUT2D eigenvalue weighted by atomic mass is 10.1. The number of carbonyl (C=O) groups excluding carboxylic acids is 2. The van der Waals surface area contributed by atoms with Crippen LogP contribution in [0.15, 0.2) is 16.9 Å². The van der Waals surface area contributed by atoms with Gasteiger partial charge in [-0.25, -0.2) is 0 Å². The zero-order chi connectivity index (χ0) is 20.4. The van der Waals surface area contributed by atoms with Crippen molar-refractivity contribution in [2.75, 3.05) is 6.54 Å². The van der Waals surface area contributed by atoms with Gasteiger partial charge in [0, 0.05) is 24.6 Å². The minimum Gasteiger partial charge on any atom is -0.365 e. The number of hydrogen-bond acceptors (Lipinski definition) is 4. The van der Waals surface area contributed by atoms with E-state index in [-0.39, 0.29) is 23.4 Å². The number of hydrogen-bond donors (Lipinski definition) is 1. The molecule has 2 heterocycles. The summed E-state index contributed by atoms with van der Waals surface area (Å²) in [6.07, 6.45) is 7.02. The molecule has 0 spiro atoms. The van der Waals surface area contributed by atoms with Crippen LogP contribution in [0.1, 0.15) is 78.8 Å². The number of rotatable bonds is 5. The maximum Gasteiger partial charge on any atom is 0.243 e. The quantitative estimate of drug-likeness (QED) is 0.836. The Morgan fingerprint density at radius 1 is 1.37 bits per heavy atom. The zero-order valence-corrected chi connectivity index (χ0v) is 17.9. The van der Waals surface area contributed by atoms with E-state index >= 15 is 0 Å². The maximum absolute atomic E-state index is 12.4. The second-order valence-electron chi connectivity index (χ2n) is 7.61. The van der Waals surface area contributed by atoms with Crippen LogP contribution < -0.4 is 5.32 Å². The molecule has 1 saturated heterocycles. The number of nitrogens with zero attached hydrogens (tertiary/aromatic N) is 2. The Labute approximate surface area is 164 Å². The Morgan fingerprint density at radius 3 is 2.44 bits per heavy atom. The number of carbonyl (C=O) groups is 2. The lowest BCUT2D eigenvalue weighted by Gasteiger charge is -2.26. The van der Waals surface area contributed by atoms with Crippen molar-refractivity contribution in [2.24, 2.45) is 5.92 Å². The minimum atomic E-state index is -0.227. The van der Waals surface area contributed by atoms with Gasteiger partial charge in [-0.2, -0.15) is 0 Å². The second kappa shape index (κ2) is 11.1. The summed E-state index contributed by atoms with van der Waals surface area (Å²) in [6.45, 7) is 12.8. The molecule has 0 bridgehead atoms. The lowest BCUT2D eigenvalue weighted by molar-refractivity contribution is -0.139. The normalized spacial score (nSPS) is 19.5. The van der Waals surface area contributed by atoms with Crippen molar-refractivity contribution in [2.45, 2.75) is 91.6 Å². The van der Waals surface area contributed by atoms with Crippen LogP contribution in [0.25, 0.3) is 0 Å². The highest BCUT2D eigenvalue weighted by atomic mass is 16.5. The Balaban J connectivity index is 0.000000381. The van der Waals surface area contributed by atoms with Gasteiger partial charge in [0.1, 0.15) is 12.3 Å². The van der Waals surface area contributed by atoms with Crippen LogP contribution >= 0.6 is 0 Å². The van der Waals surface area contributed by atoms with Gasteiger partial charge < -0.3 is 14.7 Å².